The molecule has 5 nitrogen and oxygen atoms in total. The molecule has 3 rings (SSSR count). The molecule has 6 heteroatoms. The second-order valence-corrected chi connectivity index (χ2v) is 7.12. The van der Waals surface area contributed by atoms with Gasteiger partial charge in [0.1, 0.15) is 17.2 Å². The lowest BCUT2D eigenvalue weighted by Crippen LogP contribution is -2.28. The van der Waals surface area contributed by atoms with Gasteiger partial charge >= 0.3 is 0 Å². The minimum absolute atomic E-state index is 0.0559. The van der Waals surface area contributed by atoms with E-state index in [1.165, 1.54) is 19.8 Å². The van der Waals surface area contributed by atoms with Crippen molar-refractivity contribution in [3.05, 3.63) is 53.3 Å². The van der Waals surface area contributed by atoms with E-state index in [0.29, 0.717) is 22.4 Å². The van der Waals surface area contributed by atoms with Crippen LogP contribution in [-0.4, -0.2) is 23.5 Å². The van der Waals surface area contributed by atoms with Crippen molar-refractivity contribution >= 4 is 23.6 Å². The molecule has 0 aliphatic heterocycles. The second kappa shape index (κ2) is 8.91. The molecule has 1 aromatic carbocycles. The van der Waals surface area contributed by atoms with Gasteiger partial charge in [0, 0.05) is 19.0 Å². The predicted octanol–water partition coefficient (Wildman–Crippen LogP) is 4.85. The predicted molar refractivity (Wildman–Crippen MR) is 106 cm³/mol. The van der Waals surface area contributed by atoms with Crippen molar-refractivity contribution in [2.45, 2.75) is 32.7 Å². The van der Waals surface area contributed by atoms with Gasteiger partial charge in [-0.2, -0.15) is 0 Å². The van der Waals surface area contributed by atoms with Crippen LogP contribution in [0.25, 0.3) is 6.08 Å². The molecule has 1 aliphatic carbocycles. The quantitative estimate of drug-likeness (QED) is 0.704. The fourth-order valence-electron chi connectivity index (χ4n) is 2.44. The molecule has 1 saturated carbocycles. The summed E-state index contributed by atoms with van der Waals surface area (Å²) in [4.78, 5) is 15.3. The smallest absolute Gasteiger partial charge is 0.217 e. The van der Waals surface area contributed by atoms with Crippen LogP contribution in [0.5, 0.6) is 17.2 Å². The number of pyridine rings is 1. The molecule has 1 aromatic heterocycles. The van der Waals surface area contributed by atoms with Crippen molar-refractivity contribution in [3.8, 4) is 17.2 Å². The average Bonchev–Trinajstić information content (AvgIpc) is 3.45. The van der Waals surface area contributed by atoms with Gasteiger partial charge in [-0.3, -0.25) is 9.78 Å². The van der Waals surface area contributed by atoms with Crippen LogP contribution in [0.2, 0.25) is 5.02 Å². The first kappa shape index (κ1) is 19.2. The van der Waals surface area contributed by atoms with E-state index < -0.39 is 0 Å². The third-order valence-corrected chi connectivity index (χ3v) is 4.35. The fraction of sp³-hybridized carbons (Fsp3) is 0.333. The van der Waals surface area contributed by atoms with E-state index in [1.54, 1.807) is 18.3 Å². The van der Waals surface area contributed by atoms with Crippen LogP contribution < -0.4 is 14.8 Å². The van der Waals surface area contributed by atoms with Gasteiger partial charge in [-0.25, -0.2) is 0 Å². The lowest BCUT2D eigenvalue weighted by Gasteiger charge is -2.10. The van der Waals surface area contributed by atoms with E-state index in [-0.39, 0.29) is 11.9 Å². The summed E-state index contributed by atoms with van der Waals surface area (Å²) < 4.78 is 11.5. The lowest BCUT2D eigenvalue weighted by atomic mass is 10.2. The minimum atomic E-state index is -0.0651. The number of amides is 1. The summed E-state index contributed by atoms with van der Waals surface area (Å²) in [6, 6.07) is 9.04. The van der Waals surface area contributed by atoms with Crippen molar-refractivity contribution in [2.75, 3.05) is 6.61 Å². The molecule has 1 amide bonds. The minimum Gasteiger partial charge on any atom is -0.493 e. The molecule has 1 heterocycles. The van der Waals surface area contributed by atoms with Crippen LogP contribution in [0, 0.1) is 5.92 Å². The fourth-order valence-corrected chi connectivity index (χ4v) is 2.65. The van der Waals surface area contributed by atoms with E-state index in [4.69, 9.17) is 21.1 Å². The van der Waals surface area contributed by atoms with Crippen molar-refractivity contribution in [1.29, 1.82) is 0 Å². The number of halogens is 1. The molecule has 1 aliphatic rings. The second-order valence-electron chi connectivity index (χ2n) is 6.72. The third kappa shape index (κ3) is 6.29. The molecular formula is C21H23ClN2O3. The molecule has 0 unspecified atom stereocenters. The maximum Gasteiger partial charge on any atom is 0.217 e. The molecule has 2 aromatic rings. The zero-order chi connectivity index (χ0) is 19.2. The van der Waals surface area contributed by atoms with Crippen LogP contribution in [0.3, 0.4) is 0 Å². The highest BCUT2D eigenvalue weighted by molar-refractivity contribution is 6.32. The number of nitrogens with zero attached hydrogens (tertiary/aromatic N) is 1. The van der Waals surface area contributed by atoms with E-state index in [9.17, 15) is 4.79 Å². The topological polar surface area (TPSA) is 60.5 Å². The van der Waals surface area contributed by atoms with Crippen molar-refractivity contribution < 1.29 is 14.3 Å². The van der Waals surface area contributed by atoms with Gasteiger partial charge in [0.15, 0.2) is 0 Å². The normalized spacial score (nSPS) is 14.8. The molecule has 142 valence electrons. The zero-order valence-corrected chi connectivity index (χ0v) is 16.2. The first-order valence-corrected chi connectivity index (χ1v) is 9.39. The maximum absolute atomic E-state index is 11.0. The largest absolute Gasteiger partial charge is 0.493 e. The average molecular weight is 387 g/mol. The van der Waals surface area contributed by atoms with Gasteiger partial charge in [0.2, 0.25) is 5.91 Å². The lowest BCUT2D eigenvalue weighted by molar-refractivity contribution is -0.119. The number of hydrogen-bond acceptors (Lipinski definition) is 4. The molecule has 0 radical (unpaired) electrons. The van der Waals surface area contributed by atoms with Crippen LogP contribution in [-0.2, 0) is 4.79 Å². The van der Waals surface area contributed by atoms with E-state index >= 15 is 0 Å². The third-order valence-electron chi connectivity index (χ3n) is 4.06. The van der Waals surface area contributed by atoms with Crippen LogP contribution >= 0.6 is 11.6 Å². The SMILES string of the molecule is CC(=O)N[C@@H](C)/C=C/c1ccc(Oc2ccc(OCC3CC3)cc2Cl)cn1. The molecule has 1 fully saturated rings. The van der Waals surface area contributed by atoms with Gasteiger partial charge < -0.3 is 14.8 Å². The first-order chi connectivity index (χ1) is 13.0. The highest BCUT2D eigenvalue weighted by Gasteiger charge is 2.22. The molecule has 0 spiro atoms. The van der Waals surface area contributed by atoms with Crippen molar-refractivity contribution in [3.63, 3.8) is 0 Å². The van der Waals surface area contributed by atoms with Crippen LogP contribution in [0.15, 0.2) is 42.6 Å². The zero-order valence-electron chi connectivity index (χ0n) is 15.4. The molecule has 1 N–H and O–H groups in total. The summed E-state index contributed by atoms with van der Waals surface area (Å²) in [5.41, 5.74) is 0.773. The number of carbonyl (C=O) groups excluding carboxylic acids is 1. The van der Waals surface area contributed by atoms with Gasteiger partial charge in [0.25, 0.3) is 0 Å². The summed E-state index contributed by atoms with van der Waals surface area (Å²) in [6.45, 7) is 4.14. The van der Waals surface area contributed by atoms with Gasteiger partial charge in [-0.1, -0.05) is 17.7 Å². The molecule has 0 bridgehead atoms. The number of hydrogen-bond donors (Lipinski definition) is 1. The Kier molecular flexibility index (Phi) is 6.35. The Hall–Kier alpha value is -2.53. The number of nitrogens with one attached hydrogen (secondary N) is 1. The highest BCUT2D eigenvalue weighted by Crippen LogP contribution is 2.34. The number of carbonyl (C=O) groups is 1. The summed E-state index contributed by atoms with van der Waals surface area (Å²) in [5, 5.41) is 3.28. The standard InChI is InChI=1S/C21H23ClN2O3/c1-14(24-15(2)25)3-6-17-7-8-19(12-23-17)27-21-10-9-18(11-20(21)22)26-13-16-4-5-16/h3,6-12,14,16H,4-5,13H2,1-2H3,(H,24,25)/b6-3+/t14-/m0/s1. The van der Waals surface area contributed by atoms with Crippen molar-refractivity contribution in [1.82, 2.24) is 10.3 Å². The molecule has 0 saturated heterocycles. The van der Waals surface area contributed by atoms with Crippen LogP contribution in [0.4, 0.5) is 0 Å². The maximum atomic E-state index is 11.0. The molecule has 27 heavy (non-hydrogen) atoms. The number of benzene rings is 1. The van der Waals surface area contributed by atoms with Gasteiger partial charge in [-0.15, -0.1) is 0 Å². The molecular weight excluding hydrogens is 364 g/mol. The summed E-state index contributed by atoms with van der Waals surface area (Å²) in [5.74, 6) is 2.53. The number of aromatic nitrogens is 1. The summed E-state index contributed by atoms with van der Waals surface area (Å²) in [6.07, 6.45) is 7.86. The molecule has 1 atom stereocenters. The number of ether oxygens (including phenoxy) is 2. The van der Waals surface area contributed by atoms with Gasteiger partial charge in [-0.05, 0) is 56.0 Å². The monoisotopic (exact) mass is 386 g/mol. The van der Waals surface area contributed by atoms with E-state index in [2.05, 4.69) is 10.3 Å². The Morgan fingerprint density at radius 3 is 2.74 bits per heavy atom. The summed E-state index contributed by atoms with van der Waals surface area (Å²) >= 11 is 6.30. The number of rotatable bonds is 8. The Balaban J connectivity index is 1.57. The first-order valence-electron chi connectivity index (χ1n) is 9.01. The van der Waals surface area contributed by atoms with E-state index in [0.717, 1.165) is 18.1 Å². The van der Waals surface area contributed by atoms with Crippen LogP contribution in [0.1, 0.15) is 32.4 Å². The van der Waals surface area contributed by atoms with Crippen molar-refractivity contribution in [2.24, 2.45) is 5.92 Å². The Labute approximate surface area is 164 Å². The Bertz CT molecular complexity index is 817. The highest BCUT2D eigenvalue weighted by atomic mass is 35.5. The summed E-state index contributed by atoms with van der Waals surface area (Å²) in [7, 11) is 0. The Morgan fingerprint density at radius 2 is 2.11 bits per heavy atom. The van der Waals surface area contributed by atoms with E-state index in [1.807, 2.05) is 37.3 Å². The van der Waals surface area contributed by atoms with Gasteiger partial charge in [0.05, 0.1) is 23.5 Å². The Morgan fingerprint density at radius 1 is 1.33 bits per heavy atom.